The Labute approximate surface area is 172 Å². The van der Waals surface area contributed by atoms with E-state index in [2.05, 4.69) is 9.97 Å². The fraction of sp³-hybridized carbons (Fsp3) is 0.0476. The van der Waals surface area contributed by atoms with E-state index in [-0.39, 0.29) is 11.5 Å². The largest absolute Gasteiger partial charge is 0.454 e. The molecule has 3 N–H and O–H groups in total. The van der Waals surface area contributed by atoms with Gasteiger partial charge in [-0.1, -0.05) is 6.07 Å². The van der Waals surface area contributed by atoms with Crippen LogP contribution in [0.5, 0.6) is 17.2 Å². The van der Waals surface area contributed by atoms with Gasteiger partial charge < -0.3 is 20.2 Å². The third-order valence-corrected chi connectivity index (χ3v) is 4.30. The van der Waals surface area contributed by atoms with Crippen molar-refractivity contribution in [1.29, 1.82) is 0 Å². The number of hydrogen-bond donors (Lipinski definition) is 2. The van der Waals surface area contributed by atoms with Gasteiger partial charge in [0.25, 0.3) is 0 Å². The van der Waals surface area contributed by atoms with Crippen LogP contribution < -0.4 is 15.2 Å². The van der Waals surface area contributed by atoms with Gasteiger partial charge in [-0.15, -0.1) is 0 Å². The average molecular weight is 431 g/mol. The summed E-state index contributed by atoms with van der Waals surface area (Å²) in [5.41, 5.74) is 5.45. The van der Waals surface area contributed by atoms with E-state index in [0.717, 1.165) is 12.1 Å². The highest BCUT2D eigenvalue weighted by Crippen LogP contribution is 2.36. The molecule has 0 saturated carbocycles. The van der Waals surface area contributed by atoms with Crippen molar-refractivity contribution in [2.75, 3.05) is 0 Å². The number of halogens is 4. The van der Waals surface area contributed by atoms with E-state index in [1.807, 2.05) is 0 Å². The molecule has 0 bridgehead atoms. The minimum Gasteiger partial charge on any atom is -0.454 e. The molecule has 0 saturated heterocycles. The number of nitrogens with one attached hydrogen (secondary N) is 1. The Hall–Kier alpha value is -4.08. The smallest absolute Gasteiger partial charge is 0.419 e. The zero-order chi connectivity index (χ0) is 22.2. The van der Waals surface area contributed by atoms with Gasteiger partial charge >= 0.3 is 12.3 Å². The highest BCUT2D eigenvalue weighted by molar-refractivity contribution is 5.81. The van der Waals surface area contributed by atoms with Gasteiger partial charge in [-0.3, -0.25) is 0 Å². The Morgan fingerprint density at radius 3 is 2.39 bits per heavy atom. The summed E-state index contributed by atoms with van der Waals surface area (Å²) in [6, 6.07) is 13.7. The maximum Gasteiger partial charge on any atom is 0.419 e. The van der Waals surface area contributed by atoms with Gasteiger partial charge in [0, 0.05) is 11.6 Å². The van der Waals surface area contributed by atoms with Crippen molar-refractivity contribution < 1.29 is 31.8 Å². The summed E-state index contributed by atoms with van der Waals surface area (Å²) in [7, 11) is 0. The van der Waals surface area contributed by atoms with Crippen LogP contribution in [0, 0.1) is 5.82 Å². The SMILES string of the molecule is NC(=O)Oc1ccc2nc(-c3ccc(Oc4cccc(C(F)(F)F)c4F)cc3)[nH]c2c1. The lowest BCUT2D eigenvalue weighted by molar-refractivity contribution is -0.140. The quantitative estimate of drug-likeness (QED) is 0.410. The second kappa shape index (κ2) is 7.63. The zero-order valence-electron chi connectivity index (χ0n) is 15.5. The number of aromatic nitrogens is 2. The maximum absolute atomic E-state index is 14.1. The van der Waals surface area contributed by atoms with Gasteiger partial charge in [-0.2, -0.15) is 13.2 Å². The summed E-state index contributed by atoms with van der Waals surface area (Å²) >= 11 is 0. The Morgan fingerprint density at radius 2 is 1.71 bits per heavy atom. The Kier molecular flexibility index (Phi) is 4.97. The molecule has 0 aliphatic carbocycles. The standard InChI is InChI=1S/C21H13F4N3O3/c22-18-14(21(23,24)25)2-1-3-17(18)30-12-6-4-11(5-7-12)19-27-15-9-8-13(31-20(26)29)10-16(15)28-19/h1-10H,(H2,26,29)(H,27,28). The third kappa shape index (κ3) is 4.27. The topological polar surface area (TPSA) is 90.2 Å². The molecule has 0 radical (unpaired) electrons. The van der Waals surface area contributed by atoms with Crippen LogP contribution >= 0.6 is 0 Å². The molecule has 1 aromatic heterocycles. The molecule has 0 aliphatic rings. The molecule has 4 aromatic rings. The molecule has 0 spiro atoms. The number of H-pyrrole nitrogens is 1. The lowest BCUT2D eigenvalue weighted by Gasteiger charge is -2.12. The van der Waals surface area contributed by atoms with Crippen molar-refractivity contribution in [2.45, 2.75) is 6.18 Å². The van der Waals surface area contributed by atoms with Gasteiger partial charge in [0.1, 0.15) is 17.3 Å². The normalized spacial score (nSPS) is 11.5. The first kappa shape index (κ1) is 20.2. The van der Waals surface area contributed by atoms with Crippen molar-refractivity contribution in [3.63, 3.8) is 0 Å². The minimum absolute atomic E-state index is 0.148. The van der Waals surface area contributed by atoms with Crippen LogP contribution in [-0.4, -0.2) is 16.1 Å². The molecule has 4 rings (SSSR count). The highest BCUT2D eigenvalue weighted by atomic mass is 19.4. The number of alkyl halides is 3. The number of imidazole rings is 1. The number of hydrogen-bond acceptors (Lipinski definition) is 4. The number of fused-ring (bicyclic) bond motifs is 1. The molecule has 1 heterocycles. The highest BCUT2D eigenvalue weighted by Gasteiger charge is 2.35. The zero-order valence-corrected chi connectivity index (χ0v) is 15.5. The summed E-state index contributed by atoms with van der Waals surface area (Å²) in [5.74, 6) is -1.13. The molecule has 158 valence electrons. The molecule has 0 atom stereocenters. The number of amides is 1. The summed E-state index contributed by atoms with van der Waals surface area (Å²) in [6.45, 7) is 0. The number of rotatable bonds is 4. The van der Waals surface area contributed by atoms with Crippen LogP contribution in [0.15, 0.2) is 60.7 Å². The molecule has 6 nitrogen and oxygen atoms in total. The van der Waals surface area contributed by atoms with Crippen LogP contribution in [0.25, 0.3) is 22.4 Å². The monoisotopic (exact) mass is 431 g/mol. The summed E-state index contributed by atoms with van der Waals surface area (Å²) in [5, 5.41) is 0. The summed E-state index contributed by atoms with van der Waals surface area (Å²) < 4.78 is 62.8. The van der Waals surface area contributed by atoms with Gasteiger partial charge in [0.15, 0.2) is 11.6 Å². The Balaban J connectivity index is 1.57. The van der Waals surface area contributed by atoms with Crippen molar-refractivity contribution in [2.24, 2.45) is 5.73 Å². The number of benzene rings is 3. The van der Waals surface area contributed by atoms with Gasteiger partial charge in [-0.25, -0.2) is 14.2 Å². The van der Waals surface area contributed by atoms with Crippen LogP contribution in [-0.2, 0) is 6.18 Å². The first-order chi connectivity index (χ1) is 14.7. The molecule has 0 aliphatic heterocycles. The lowest BCUT2D eigenvalue weighted by Crippen LogP contribution is -2.16. The van der Waals surface area contributed by atoms with E-state index in [1.54, 1.807) is 24.3 Å². The maximum atomic E-state index is 14.1. The molecule has 0 unspecified atom stereocenters. The lowest BCUT2D eigenvalue weighted by atomic mass is 10.2. The molecule has 31 heavy (non-hydrogen) atoms. The number of carbonyl (C=O) groups excluding carboxylic acids is 1. The van der Waals surface area contributed by atoms with Crippen molar-refractivity contribution in [3.8, 4) is 28.6 Å². The Bertz CT molecular complexity index is 1270. The second-order valence-corrected chi connectivity index (χ2v) is 6.43. The number of carbonyl (C=O) groups is 1. The molecular weight excluding hydrogens is 418 g/mol. The first-order valence-electron chi connectivity index (χ1n) is 8.82. The van der Waals surface area contributed by atoms with E-state index < -0.39 is 29.4 Å². The van der Waals surface area contributed by atoms with Crippen LogP contribution in [0.1, 0.15) is 5.56 Å². The first-order valence-corrected chi connectivity index (χ1v) is 8.82. The predicted octanol–water partition coefficient (Wildman–Crippen LogP) is 5.64. The molecule has 10 heteroatoms. The number of nitrogens with two attached hydrogens (primary N) is 1. The summed E-state index contributed by atoms with van der Waals surface area (Å²) in [6.07, 6.45) is -5.76. The van der Waals surface area contributed by atoms with Crippen LogP contribution in [0.2, 0.25) is 0 Å². The molecule has 0 fully saturated rings. The predicted molar refractivity (Wildman–Crippen MR) is 103 cm³/mol. The average Bonchev–Trinajstić information content (AvgIpc) is 3.12. The van der Waals surface area contributed by atoms with Crippen molar-refractivity contribution in [3.05, 3.63) is 72.0 Å². The molecule has 1 amide bonds. The summed E-state index contributed by atoms with van der Waals surface area (Å²) in [4.78, 5) is 18.3. The van der Waals surface area contributed by atoms with Gasteiger partial charge in [0.05, 0.1) is 16.6 Å². The third-order valence-electron chi connectivity index (χ3n) is 4.30. The number of primary amides is 1. The van der Waals surface area contributed by atoms with Crippen molar-refractivity contribution in [1.82, 2.24) is 9.97 Å². The fourth-order valence-electron chi connectivity index (χ4n) is 2.92. The van der Waals surface area contributed by atoms with Gasteiger partial charge in [-0.05, 0) is 48.5 Å². The van der Waals surface area contributed by atoms with E-state index in [4.69, 9.17) is 15.2 Å². The van der Waals surface area contributed by atoms with Crippen LogP contribution in [0.4, 0.5) is 22.4 Å². The Morgan fingerprint density at radius 1 is 1.00 bits per heavy atom. The fourth-order valence-corrected chi connectivity index (χ4v) is 2.92. The minimum atomic E-state index is -4.82. The van der Waals surface area contributed by atoms with E-state index in [9.17, 15) is 22.4 Å². The molecule has 3 aromatic carbocycles. The number of aromatic amines is 1. The van der Waals surface area contributed by atoms with Crippen molar-refractivity contribution >= 4 is 17.1 Å². The molecular formula is C21H13F4N3O3. The van der Waals surface area contributed by atoms with Gasteiger partial charge in [0.2, 0.25) is 0 Å². The van der Waals surface area contributed by atoms with E-state index in [1.165, 1.54) is 18.2 Å². The second-order valence-electron chi connectivity index (χ2n) is 6.43. The van der Waals surface area contributed by atoms with E-state index in [0.29, 0.717) is 28.5 Å². The van der Waals surface area contributed by atoms with E-state index >= 15 is 0 Å². The van der Waals surface area contributed by atoms with Crippen LogP contribution in [0.3, 0.4) is 0 Å². The number of ether oxygens (including phenoxy) is 2. The number of nitrogens with zero attached hydrogens (tertiary/aromatic N) is 1.